The fourth-order valence-electron chi connectivity index (χ4n) is 6.14. The molecule has 1 saturated carbocycles. The van der Waals surface area contributed by atoms with E-state index in [9.17, 15) is 10.1 Å². The maximum atomic E-state index is 12.5. The molecular formula is C30H34N4O2S. The zero-order valence-corrected chi connectivity index (χ0v) is 22.8. The third kappa shape index (κ3) is 5.13. The van der Waals surface area contributed by atoms with Crippen LogP contribution in [0.4, 0.5) is 0 Å². The summed E-state index contributed by atoms with van der Waals surface area (Å²) < 4.78 is 5.77. The minimum Gasteiger partial charge on any atom is -0.490 e. The van der Waals surface area contributed by atoms with Crippen LogP contribution in [0.3, 0.4) is 0 Å². The molecule has 1 aromatic heterocycles. The van der Waals surface area contributed by atoms with Crippen LogP contribution in [0.5, 0.6) is 5.75 Å². The molecule has 0 radical (unpaired) electrons. The Morgan fingerprint density at radius 3 is 2.73 bits per heavy atom. The molecule has 7 heteroatoms. The van der Waals surface area contributed by atoms with E-state index in [0.717, 1.165) is 34.8 Å². The number of carbonyl (C=O) groups excluding carboxylic acids is 1. The Hall–Kier alpha value is -3.24. The predicted octanol–water partition coefficient (Wildman–Crippen LogP) is 6.46. The molecule has 37 heavy (non-hydrogen) atoms. The topological polar surface area (TPSA) is 79.1 Å². The second-order valence-corrected chi connectivity index (χ2v) is 11.7. The summed E-state index contributed by atoms with van der Waals surface area (Å²) in [6.45, 7) is 3.90. The van der Waals surface area contributed by atoms with Crippen molar-refractivity contribution in [3.05, 3.63) is 53.1 Å². The molecule has 3 atom stereocenters. The molecular weight excluding hydrogens is 480 g/mol. The van der Waals surface area contributed by atoms with E-state index in [-0.39, 0.29) is 12.0 Å². The van der Waals surface area contributed by atoms with Gasteiger partial charge in [0.05, 0.1) is 11.7 Å². The molecule has 1 fully saturated rings. The average molecular weight is 515 g/mol. The van der Waals surface area contributed by atoms with Crippen molar-refractivity contribution in [1.29, 1.82) is 5.26 Å². The smallest absolute Gasteiger partial charge is 0.222 e. The van der Waals surface area contributed by atoms with Gasteiger partial charge in [-0.1, -0.05) is 36.0 Å². The molecule has 192 valence electrons. The molecule has 1 heterocycles. The van der Waals surface area contributed by atoms with Gasteiger partial charge in [0.1, 0.15) is 21.8 Å². The molecule has 0 aliphatic heterocycles. The number of ether oxygens (including phenoxy) is 1. The molecule has 1 amide bonds. The summed E-state index contributed by atoms with van der Waals surface area (Å²) in [5.41, 5.74) is 5.37. The molecule has 5 rings (SSSR count). The number of aromatic nitrogens is 2. The number of hydrogen-bond donors (Lipinski definition) is 0. The van der Waals surface area contributed by atoms with Gasteiger partial charge >= 0.3 is 0 Å². The van der Waals surface area contributed by atoms with E-state index < -0.39 is 0 Å². The van der Waals surface area contributed by atoms with Crippen LogP contribution in [0.2, 0.25) is 0 Å². The highest BCUT2D eigenvalue weighted by Crippen LogP contribution is 2.50. The Bertz CT molecular complexity index is 1340. The maximum absolute atomic E-state index is 12.5. The number of hydrogen-bond acceptors (Lipinski definition) is 6. The van der Waals surface area contributed by atoms with Gasteiger partial charge in [0, 0.05) is 31.6 Å². The lowest BCUT2D eigenvalue weighted by Gasteiger charge is -2.27. The van der Waals surface area contributed by atoms with Crippen molar-refractivity contribution in [2.75, 3.05) is 14.1 Å². The van der Waals surface area contributed by atoms with Crippen molar-refractivity contribution in [2.24, 2.45) is 11.8 Å². The zero-order chi connectivity index (χ0) is 26.1. The molecule has 2 aromatic carbocycles. The Morgan fingerprint density at radius 1 is 1.16 bits per heavy atom. The van der Waals surface area contributed by atoms with Gasteiger partial charge in [0.2, 0.25) is 5.91 Å². The van der Waals surface area contributed by atoms with Gasteiger partial charge in [-0.15, -0.1) is 10.2 Å². The van der Waals surface area contributed by atoms with Gasteiger partial charge in [-0.25, -0.2) is 0 Å². The summed E-state index contributed by atoms with van der Waals surface area (Å²) in [5.74, 6) is 2.39. The monoisotopic (exact) mass is 514 g/mol. The summed E-state index contributed by atoms with van der Waals surface area (Å²) in [6.07, 6.45) is 6.42. The van der Waals surface area contributed by atoms with Crippen LogP contribution < -0.4 is 4.74 Å². The summed E-state index contributed by atoms with van der Waals surface area (Å²) in [4.78, 5) is 14.2. The highest BCUT2D eigenvalue weighted by molar-refractivity contribution is 7.17. The highest BCUT2D eigenvalue weighted by atomic mass is 32.1. The Morgan fingerprint density at radius 2 is 1.97 bits per heavy atom. The number of nitriles is 1. The van der Waals surface area contributed by atoms with Crippen LogP contribution in [-0.4, -0.2) is 41.2 Å². The van der Waals surface area contributed by atoms with Crippen LogP contribution >= 0.6 is 11.3 Å². The standard InChI is InChI=1S/C30H34N4O2S/c1-18(2)36-27-14-11-20(15-21(27)17-31)29-32-33-30(37-29)26-10-6-9-23-24(12-13-25(23)26)22-8-5-7-19(22)16-28(35)34(3)4/h6,9-11,14-15,18-19,22,24H,5,7-8,12-13,16H2,1-4H3. The normalized spacial score (nSPS) is 20.6. The fraction of sp³-hybridized carbons (Fsp3) is 0.467. The molecule has 0 N–H and O–H groups in total. The maximum Gasteiger partial charge on any atom is 0.222 e. The van der Waals surface area contributed by atoms with Gasteiger partial charge in [-0.3, -0.25) is 4.79 Å². The van der Waals surface area contributed by atoms with Gasteiger partial charge in [0.15, 0.2) is 0 Å². The molecule has 0 spiro atoms. The third-order valence-corrected chi connectivity index (χ3v) is 8.86. The molecule has 3 aromatic rings. The van der Waals surface area contributed by atoms with Crippen molar-refractivity contribution in [1.82, 2.24) is 15.1 Å². The Balaban J connectivity index is 1.40. The minimum atomic E-state index is 0.00284. The van der Waals surface area contributed by atoms with Crippen LogP contribution in [-0.2, 0) is 11.2 Å². The summed E-state index contributed by atoms with van der Waals surface area (Å²) >= 11 is 1.57. The lowest BCUT2D eigenvalue weighted by Crippen LogP contribution is -2.27. The highest BCUT2D eigenvalue weighted by Gasteiger charge is 2.39. The third-order valence-electron chi connectivity index (χ3n) is 7.85. The van der Waals surface area contributed by atoms with E-state index >= 15 is 0 Å². The van der Waals surface area contributed by atoms with Crippen molar-refractivity contribution < 1.29 is 9.53 Å². The number of carbonyl (C=O) groups is 1. The SMILES string of the molecule is CC(C)Oc1ccc(-c2nnc(-c3cccc4c3CCC4C3CCCC3CC(=O)N(C)C)s2)cc1C#N. The number of amides is 1. The number of rotatable bonds is 7. The van der Waals surface area contributed by atoms with E-state index in [2.05, 4.69) is 34.5 Å². The molecule has 0 bridgehead atoms. The fourth-order valence-corrected chi connectivity index (χ4v) is 7.04. The van der Waals surface area contributed by atoms with Crippen LogP contribution in [0.1, 0.15) is 68.6 Å². The van der Waals surface area contributed by atoms with E-state index in [4.69, 9.17) is 4.74 Å². The van der Waals surface area contributed by atoms with E-state index in [0.29, 0.717) is 35.5 Å². The predicted molar refractivity (Wildman–Crippen MR) is 146 cm³/mol. The quantitative estimate of drug-likeness (QED) is 0.362. The molecule has 6 nitrogen and oxygen atoms in total. The Labute approximate surface area is 223 Å². The first-order valence-electron chi connectivity index (χ1n) is 13.2. The van der Waals surface area contributed by atoms with Crippen molar-refractivity contribution in [2.45, 2.75) is 64.4 Å². The first kappa shape index (κ1) is 25.4. The number of fused-ring (bicyclic) bond motifs is 1. The first-order valence-corrected chi connectivity index (χ1v) is 14.0. The summed E-state index contributed by atoms with van der Waals surface area (Å²) in [5, 5.41) is 20.4. The van der Waals surface area contributed by atoms with Gasteiger partial charge in [-0.2, -0.15) is 5.26 Å². The largest absolute Gasteiger partial charge is 0.490 e. The van der Waals surface area contributed by atoms with Gasteiger partial charge < -0.3 is 9.64 Å². The first-order chi connectivity index (χ1) is 17.9. The second-order valence-electron chi connectivity index (χ2n) is 10.8. The number of benzene rings is 2. The van der Waals surface area contributed by atoms with Crippen LogP contribution in [0.25, 0.3) is 21.1 Å². The van der Waals surface area contributed by atoms with Gasteiger partial charge in [-0.05, 0) is 86.6 Å². The summed E-state index contributed by atoms with van der Waals surface area (Å²) in [6, 6.07) is 14.5. The lowest BCUT2D eigenvalue weighted by molar-refractivity contribution is -0.130. The van der Waals surface area contributed by atoms with Crippen molar-refractivity contribution in [3.63, 3.8) is 0 Å². The van der Waals surface area contributed by atoms with Crippen LogP contribution in [0, 0.1) is 23.2 Å². The zero-order valence-electron chi connectivity index (χ0n) is 22.0. The van der Waals surface area contributed by atoms with Gasteiger partial charge in [0.25, 0.3) is 0 Å². The van der Waals surface area contributed by atoms with Crippen LogP contribution in [0.15, 0.2) is 36.4 Å². The van der Waals surface area contributed by atoms with E-state index in [1.54, 1.807) is 16.2 Å². The van der Waals surface area contributed by atoms with Crippen molar-refractivity contribution >= 4 is 17.2 Å². The minimum absolute atomic E-state index is 0.00284. The second kappa shape index (κ2) is 10.6. The molecule has 2 aliphatic carbocycles. The average Bonchev–Trinajstić information content (AvgIpc) is 3.63. The van der Waals surface area contributed by atoms with Crippen molar-refractivity contribution in [3.8, 4) is 33.0 Å². The molecule has 0 saturated heterocycles. The number of nitrogens with zero attached hydrogens (tertiary/aromatic N) is 4. The summed E-state index contributed by atoms with van der Waals surface area (Å²) in [7, 11) is 3.71. The Kier molecular flexibility index (Phi) is 7.30. The lowest BCUT2D eigenvalue weighted by atomic mass is 9.79. The molecule has 2 aliphatic rings. The van der Waals surface area contributed by atoms with E-state index in [1.807, 2.05) is 46.1 Å². The molecule has 3 unspecified atom stereocenters. The van der Waals surface area contributed by atoms with E-state index in [1.165, 1.54) is 29.5 Å².